The Labute approximate surface area is 93.9 Å². The molecule has 1 atom stereocenters. The lowest BCUT2D eigenvalue weighted by Gasteiger charge is -2.11. The van der Waals surface area contributed by atoms with Gasteiger partial charge in [0, 0.05) is 29.4 Å². The average molecular weight is 231 g/mol. The molecule has 1 aliphatic rings. The molecule has 2 heterocycles. The summed E-state index contributed by atoms with van der Waals surface area (Å²) in [4.78, 5) is 3.68. The Hall–Kier alpha value is -0.0900. The van der Waals surface area contributed by atoms with E-state index in [1.165, 1.54) is 24.4 Å². The minimum Gasteiger partial charge on any atom is -0.308 e. The molecule has 0 bridgehead atoms. The van der Waals surface area contributed by atoms with E-state index in [9.17, 15) is 0 Å². The van der Waals surface area contributed by atoms with E-state index >= 15 is 0 Å². The first-order chi connectivity index (χ1) is 6.74. The second kappa shape index (κ2) is 4.62. The summed E-state index contributed by atoms with van der Waals surface area (Å²) in [6.45, 7) is 3.33. The average Bonchev–Trinajstić information content (AvgIpc) is 2.72. The van der Waals surface area contributed by atoms with Crippen molar-refractivity contribution in [1.82, 2.24) is 10.2 Å². The van der Waals surface area contributed by atoms with E-state index in [-0.39, 0.29) is 0 Å². The number of rotatable bonds is 3. The Morgan fingerprint density at radius 2 is 2.57 bits per heavy atom. The summed E-state index contributed by atoms with van der Waals surface area (Å²) in [5, 5.41) is 6.39. The normalized spacial score (nSPS) is 23.1. The number of hydrogen-bond acceptors (Lipinski definition) is 3. The van der Waals surface area contributed by atoms with E-state index in [4.69, 9.17) is 11.6 Å². The molecule has 14 heavy (non-hydrogen) atoms. The lowest BCUT2D eigenvalue weighted by molar-refractivity contribution is 0.398. The highest BCUT2D eigenvalue weighted by Gasteiger charge is 2.18. The van der Waals surface area contributed by atoms with E-state index in [0.29, 0.717) is 6.04 Å². The molecule has 1 aromatic heterocycles. The van der Waals surface area contributed by atoms with Crippen molar-refractivity contribution < 1.29 is 0 Å². The number of nitrogens with one attached hydrogen (secondary N) is 1. The van der Waals surface area contributed by atoms with E-state index in [1.54, 1.807) is 11.3 Å². The van der Waals surface area contributed by atoms with Crippen molar-refractivity contribution in [2.75, 3.05) is 20.1 Å². The maximum atomic E-state index is 5.85. The van der Waals surface area contributed by atoms with E-state index < -0.39 is 0 Å². The highest BCUT2D eigenvalue weighted by atomic mass is 35.5. The largest absolute Gasteiger partial charge is 0.308 e. The fourth-order valence-corrected chi connectivity index (χ4v) is 2.82. The summed E-state index contributed by atoms with van der Waals surface area (Å²) < 4.78 is 0. The van der Waals surface area contributed by atoms with Crippen molar-refractivity contribution in [3.8, 4) is 0 Å². The van der Waals surface area contributed by atoms with Crippen molar-refractivity contribution in [1.29, 1.82) is 0 Å². The molecule has 1 fully saturated rings. The molecule has 78 valence electrons. The lowest BCUT2D eigenvalue weighted by Crippen LogP contribution is -2.30. The van der Waals surface area contributed by atoms with E-state index in [1.807, 2.05) is 11.4 Å². The van der Waals surface area contributed by atoms with Crippen LogP contribution in [0.15, 0.2) is 11.4 Å². The smallest absolute Gasteiger partial charge is 0.0516 e. The summed E-state index contributed by atoms with van der Waals surface area (Å²) >= 11 is 7.58. The number of halogens is 1. The maximum Gasteiger partial charge on any atom is 0.0516 e. The van der Waals surface area contributed by atoms with Gasteiger partial charge in [0.05, 0.1) is 5.02 Å². The van der Waals surface area contributed by atoms with Crippen LogP contribution in [0.3, 0.4) is 0 Å². The second-order valence-corrected chi connectivity index (χ2v) is 5.29. The number of likely N-dealkylation sites (N-methyl/N-ethyl adjacent to an activating group) is 1. The van der Waals surface area contributed by atoms with Crippen molar-refractivity contribution in [2.45, 2.75) is 19.0 Å². The topological polar surface area (TPSA) is 15.3 Å². The van der Waals surface area contributed by atoms with E-state index in [0.717, 1.165) is 11.6 Å². The van der Waals surface area contributed by atoms with Gasteiger partial charge in [-0.25, -0.2) is 0 Å². The van der Waals surface area contributed by atoms with Gasteiger partial charge in [0.25, 0.3) is 0 Å². The van der Waals surface area contributed by atoms with Gasteiger partial charge in [-0.05, 0) is 26.1 Å². The molecule has 1 aromatic rings. The van der Waals surface area contributed by atoms with Crippen molar-refractivity contribution in [2.24, 2.45) is 0 Å². The van der Waals surface area contributed by atoms with Crippen LogP contribution in [0.2, 0.25) is 5.02 Å². The molecule has 0 saturated carbocycles. The monoisotopic (exact) mass is 230 g/mol. The molecule has 0 radical (unpaired) electrons. The predicted octanol–water partition coefficient (Wildman–Crippen LogP) is 2.20. The number of nitrogens with zero attached hydrogens (tertiary/aromatic N) is 1. The SMILES string of the molecule is CN1CCC(NCc2cc(Cl)cs2)C1. The number of likely N-dealkylation sites (tertiary alicyclic amines) is 1. The van der Waals surface area contributed by atoms with Crippen molar-refractivity contribution >= 4 is 22.9 Å². The highest BCUT2D eigenvalue weighted by molar-refractivity contribution is 7.10. The molecule has 1 aliphatic heterocycles. The Bertz CT molecular complexity index is 300. The summed E-state index contributed by atoms with van der Waals surface area (Å²) in [6, 6.07) is 2.69. The van der Waals surface area contributed by atoms with Gasteiger partial charge in [-0.2, -0.15) is 0 Å². The fraction of sp³-hybridized carbons (Fsp3) is 0.600. The first kappa shape index (κ1) is 10.4. The van der Waals surface area contributed by atoms with Gasteiger partial charge >= 0.3 is 0 Å². The maximum absolute atomic E-state index is 5.85. The minimum absolute atomic E-state index is 0.654. The number of hydrogen-bond donors (Lipinski definition) is 1. The third kappa shape index (κ3) is 2.70. The van der Waals surface area contributed by atoms with Crippen LogP contribution in [0.1, 0.15) is 11.3 Å². The molecule has 0 aromatic carbocycles. The van der Waals surface area contributed by atoms with Crippen LogP contribution in [0.4, 0.5) is 0 Å². The van der Waals surface area contributed by atoms with Crippen LogP contribution in [-0.2, 0) is 6.54 Å². The molecule has 1 unspecified atom stereocenters. The van der Waals surface area contributed by atoms with Crippen LogP contribution in [0, 0.1) is 0 Å². The zero-order valence-corrected chi connectivity index (χ0v) is 9.87. The summed E-state index contributed by atoms with van der Waals surface area (Å²) in [5.74, 6) is 0. The minimum atomic E-state index is 0.654. The van der Waals surface area contributed by atoms with Crippen LogP contribution in [0.5, 0.6) is 0 Å². The predicted molar refractivity (Wildman–Crippen MR) is 62.1 cm³/mol. The second-order valence-electron chi connectivity index (χ2n) is 3.86. The van der Waals surface area contributed by atoms with Crippen LogP contribution >= 0.6 is 22.9 Å². The Kier molecular flexibility index (Phi) is 3.44. The molecule has 4 heteroatoms. The van der Waals surface area contributed by atoms with E-state index in [2.05, 4.69) is 17.3 Å². The standard InChI is InChI=1S/C10H15ClN2S/c1-13-3-2-9(6-13)12-5-10-4-8(11)7-14-10/h4,7,9,12H,2-3,5-6H2,1H3. The van der Waals surface area contributed by atoms with Gasteiger partial charge < -0.3 is 10.2 Å². The quantitative estimate of drug-likeness (QED) is 0.857. The highest BCUT2D eigenvalue weighted by Crippen LogP contribution is 2.19. The molecule has 1 N–H and O–H groups in total. The lowest BCUT2D eigenvalue weighted by atomic mass is 10.2. The van der Waals surface area contributed by atoms with Gasteiger partial charge in [-0.3, -0.25) is 0 Å². The molecule has 0 amide bonds. The zero-order valence-electron chi connectivity index (χ0n) is 8.29. The summed E-state index contributed by atoms with van der Waals surface area (Å²) in [6.07, 6.45) is 1.26. The van der Waals surface area contributed by atoms with Gasteiger partial charge in [0.15, 0.2) is 0 Å². The molecule has 1 saturated heterocycles. The van der Waals surface area contributed by atoms with Crippen LogP contribution in [0.25, 0.3) is 0 Å². The third-order valence-electron chi connectivity index (χ3n) is 2.58. The molecular weight excluding hydrogens is 216 g/mol. The van der Waals surface area contributed by atoms with Crippen LogP contribution < -0.4 is 5.32 Å². The summed E-state index contributed by atoms with van der Waals surface area (Å²) in [7, 11) is 2.17. The molecule has 2 nitrogen and oxygen atoms in total. The zero-order chi connectivity index (χ0) is 9.97. The van der Waals surface area contributed by atoms with Crippen LogP contribution in [-0.4, -0.2) is 31.1 Å². The van der Waals surface area contributed by atoms with Gasteiger partial charge in [-0.15, -0.1) is 11.3 Å². The Morgan fingerprint density at radius 3 is 3.14 bits per heavy atom. The number of thiophene rings is 1. The Morgan fingerprint density at radius 1 is 1.71 bits per heavy atom. The Balaban J connectivity index is 1.77. The van der Waals surface area contributed by atoms with Gasteiger partial charge in [-0.1, -0.05) is 11.6 Å². The summed E-state index contributed by atoms with van der Waals surface area (Å²) in [5.41, 5.74) is 0. The van der Waals surface area contributed by atoms with Crippen molar-refractivity contribution in [3.63, 3.8) is 0 Å². The van der Waals surface area contributed by atoms with Crippen molar-refractivity contribution in [3.05, 3.63) is 21.3 Å². The first-order valence-corrected chi connectivity index (χ1v) is 6.14. The molecule has 2 rings (SSSR count). The first-order valence-electron chi connectivity index (χ1n) is 4.89. The molecular formula is C10H15ClN2S. The third-order valence-corrected chi connectivity index (χ3v) is 3.86. The van der Waals surface area contributed by atoms with Gasteiger partial charge in [0.2, 0.25) is 0 Å². The van der Waals surface area contributed by atoms with Gasteiger partial charge in [0.1, 0.15) is 0 Å². The fourth-order valence-electron chi connectivity index (χ4n) is 1.79. The molecule has 0 spiro atoms. The molecule has 0 aliphatic carbocycles.